The first-order chi connectivity index (χ1) is 7.70. The molecule has 17 heavy (non-hydrogen) atoms. The Bertz CT molecular complexity index is 289. The number of amides is 1. The van der Waals surface area contributed by atoms with E-state index in [-0.39, 0.29) is 6.04 Å². The van der Waals surface area contributed by atoms with Crippen molar-refractivity contribution in [2.75, 3.05) is 7.11 Å². The molecular weight excluding hydrogens is 235 g/mol. The summed E-state index contributed by atoms with van der Waals surface area (Å²) in [6, 6.07) is -0.258. The number of carbonyl (C=O) groups excluding carboxylic acids is 1. The highest BCUT2D eigenvalue weighted by molar-refractivity contribution is 5.86. The summed E-state index contributed by atoms with van der Waals surface area (Å²) in [7, 11) is 0.888. The largest absolute Gasteiger partial charge is 0.426 e. The summed E-state index contributed by atoms with van der Waals surface area (Å²) in [5.41, 5.74) is -2.77. The van der Waals surface area contributed by atoms with E-state index in [1.54, 1.807) is 6.92 Å². The van der Waals surface area contributed by atoms with Crippen molar-refractivity contribution in [3.05, 3.63) is 0 Å². The van der Waals surface area contributed by atoms with Crippen molar-refractivity contribution in [1.29, 1.82) is 0 Å². The third kappa shape index (κ3) is 3.34. The van der Waals surface area contributed by atoms with Crippen LogP contribution in [0.25, 0.3) is 0 Å². The highest BCUT2D eigenvalue weighted by atomic mass is 19.4. The molecule has 2 unspecified atom stereocenters. The molecule has 2 atom stereocenters. The third-order valence-corrected chi connectivity index (χ3v) is 3.14. The number of methoxy groups -OCH3 is 1. The average molecular weight is 253 g/mol. The lowest BCUT2D eigenvalue weighted by atomic mass is 10.0. The summed E-state index contributed by atoms with van der Waals surface area (Å²) in [4.78, 5) is 11.6. The maximum Gasteiger partial charge on any atom is 0.426 e. The molecule has 1 aliphatic rings. The predicted octanol–water partition coefficient (Wildman–Crippen LogP) is 2.26. The Morgan fingerprint density at radius 1 is 1.47 bits per heavy atom. The van der Waals surface area contributed by atoms with E-state index in [0.29, 0.717) is 5.92 Å². The normalized spacial score (nSPS) is 21.8. The zero-order valence-electron chi connectivity index (χ0n) is 10.2. The van der Waals surface area contributed by atoms with Crippen LogP contribution in [0.5, 0.6) is 0 Å². The number of ether oxygens (including phenoxy) is 1. The fraction of sp³-hybridized carbons (Fsp3) is 0.909. The second-order valence-corrected chi connectivity index (χ2v) is 4.79. The highest BCUT2D eigenvalue weighted by Gasteiger charge is 2.57. The number of alkyl halides is 3. The number of rotatable bonds is 5. The Labute approximate surface area is 98.7 Å². The minimum Gasteiger partial charge on any atom is -0.361 e. The molecule has 1 rings (SSSR count). The topological polar surface area (TPSA) is 38.3 Å². The van der Waals surface area contributed by atoms with Crippen LogP contribution in [0.15, 0.2) is 0 Å². The molecule has 0 spiro atoms. The molecule has 3 nitrogen and oxygen atoms in total. The maximum atomic E-state index is 12.7. The van der Waals surface area contributed by atoms with E-state index in [4.69, 9.17) is 0 Å². The Balaban J connectivity index is 2.59. The lowest BCUT2D eigenvalue weighted by molar-refractivity contribution is -0.254. The van der Waals surface area contributed by atoms with Gasteiger partial charge in [-0.15, -0.1) is 0 Å². The molecule has 100 valence electrons. The zero-order chi connectivity index (χ0) is 13.3. The SMILES string of the molecule is COC(C)(C(=O)NC(C)CC1CC1)C(F)(F)F. The van der Waals surface area contributed by atoms with E-state index in [1.807, 2.05) is 0 Å². The molecule has 0 aliphatic heterocycles. The molecule has 1 N–H and O–H groups in total. The van der Waals surface area contributed by atoms with Gasteiger partial charge in [-0.3, -0.25) is 4.79 Å². The van der Waals surface area contributed by atoms with Crippen LogP contribution in [-0.4, -0.2) is 30.8 Å². The summed E-state index contributed by atoms with van der Waals surface area (Å²) >= 11 is 0. The Hall–Kier alpha value is -0.780. The number of nitrogens with one attached hydrogen (secondary N) is 1. The molecule has 1 saturated carbocycles. The van der Waals surface area contributed by atoms with E-state index in [1.165, 1.54) is 0 Å². The van der Waals surface area contributed by atoms with Gasteiger partial charge in [0, 0.05) is 13.2 Å². The van der Waals surface area contributed by atoms with Gasteiger partial charge in [-0.1, -0.05) is 12.8 Å². The molecule has 0 heterocycles. The van der Waals surface area contributed by atoms with Crippen molar-refractivity contribution in [3.8, 4) is 0 Å². The van der Waals surface area contributed by atoms with Crippen LogP contribution >= 0.6 is 0 Å². The van der Waals surface area contributed by atoms with Crippen LogP contribution in [0, 0.1) is 5.92 Å². The van der Waals surface area contributed by atoms with Crippen molar-refractivity contribution < 1.29 is 22.7 Å². The van der Waals surface area contributed by atoms with Crippen LogP contribution in [0.2, 0.25) is 0 Å². The highest BCUT2D eigenvalue weighted by Crippen LogP contribution is 2.35. The predicted molar refractivity (Wildman–Crippen MR) is 56.4 cm³/mol. The lowest BCUT2D eigenvalue weighted by Gasteiger charge is -2.30. The van der Waals surface area contributed by atoms with Gasteiger partial charge in [0.2, 0.25) is 5.60 Å². The van der Waals surface area contributed by atoms with Crippen LogP contribution in [0.4, 0.5) is 13.2 Å². The molecule has 1 fully saturated rings. The van der Waals surface area contributed by atoms with Gasteiger partial charge in [-0.25, -0.2) is 0 Å². The van der Waals surface area contributed by atoms with E-state index in [9.17, 15) is 18.0 Å². The van der Waals surface area contributed by atoms with E-state index in [2.05, 4.69) is 10.1 Å². The molecule has 0 bridgehead atoms. The Morgan fingerprint density at radius 2 is 2.00 bits per heavy atom. The van der Waals surface area contributed by atoms with Gasteiger partial charge in [0.15, 0.2) is 0 Å². The zero-order valence-corrected chi connectivity index (χ0v) is 10.2. The van der Waals surface area contributed by atoms with Crippen LogP contribution < -0.4 is 5.32 Å². The molecule has 0 saturated heterocycles. The van der Waals surface area contributed by atoms with Gasteiger partial charge >= 0.3 is 6.18 Å². The Kier molecular flexibility index (Phi) is 4.06. The van der Waals surface area contributed by atoms with Gasteiger partial charge in [0.1, 0.15) is 0 Å². The van der Waals surface area contributed by atoms with Crippen LogP contribution in [0.3, 0.4) is 0 Å². The molecule has 0 aromatic carbocycles. The van der Waals surface area contributed by atoms with Gasteiger partial charge in [0.25, 0.3) is 5.91 Å². The minimum absolute atomic E-state index is 0.258. The maximum absolute atomic E-state index is 12.7. The van der Waals surface area contributed by atoms with Crippen molar-refractivity contribution in [3.63, 3.8) is 0 Å². The fourth-order valence-electron chi connectivity index (χ4n) is 1.61. The molecule has 6 heteroatoms. The smallest absolute Gasteiger partial charge is 0.361 e. The molecule has 0 radical (unpaired) electrons. The van der Waals surface area contributed by atoms with Gasteiger partial charge in [-0.2, -0.15) is 13.2 Å². The standard InChI is InChI=1S/C11H18F3NO2/c1-7(6-8-4-5-8)15-9(16)10(2,17-3)11(12,13)14/h7-8H,4-6H2,1-3H3,(H,15,16). The Morgan fingerprint density at radius 3 is 2.35 bits per heavy atom. The minimum atomic E-state index is -4.72. The van der Waals surface area contributed by atoms with E-state index < -0.39 is 17.7 Å². The van der Waals surface area contributed by atoms with Crippen molar-refractivity contribution >= 4 is 5.91 Å². The molecule has 0 aromatic heterocycles. The average Bonchev–Trinajstić information content (AvgIpc) is 2.98. The number of hydrogen-bond donors (Lipinski definition) is 1. The number of hydrogen-bond acceptors (Lipinski definition) is 2. The molecule has 1 amide bonds. The molecule has 1 aliphatic carbocycles. The fourth-order valence-corrected chi connectivity index (χ4v) is 1.61. The second-order valence-electron chi connectivity index (χ2n) is 4.79. The molecule has 0 aromatic rings. The van der Waals surface area contributed by atoms with E-state index in [0.717, 1.165) is 33.3 Å². The first kappa shape index (κ1) is 14.3. The number of carbonyl (C=O) groups is 1. The lowest BCUT2D eigenvalue weighted by Crippen LogP contribution is -2.57. The van der Waals surface area contributed by atoms with Gasteiger partial charge in [-0.05, 0) is 26.2 Å². The van der Waals surface area contributed by atoms with Crippen molar-refractivity contribution in [2.45, 2.75) is 50.9 Å². The first-order valence-corrected chi connectivity index (χ1v) is 5.63. The van der Waals surface area contributed by atoms with Crippen molar-refractivity contribution in [2.24, 2.45) is 5.92 Å². The van der Waals surface area contributed by atoms with E-state index >= 15 is 0 Å². The summed E-state index contributed by atoms with van der Waals surface area (Å²) in [6.45, 7) is 2.45. The van der Waals surface area contributed by atoms with Crippen LogP contribution in [-0.2, 0) is 9.53 Å². The third-order valence-electron chi connectivity index (χ3n) is 3.14. The molecular formula is C11H18F3NO2. The first-order valence-electron chi connectivity index (χ1n) is 5.63. The quantitative estimate of drug-likeness (QED) is 0.816. The van der Waals surface area contributed by atoms with Crippen LogP contribution in [0.1, 0.15) is 33.1 Å². The summed E-state index contributed by atoms with van der Waals surface area (Å²) < 4.78 is 42.4. The van der Waals surface area contributed by atoms with Gasteiger partial charge in [0.05, 0.1) is 0 Å². The monoisotopic (exact) mass is 253 g/mol. The summed E-state index contributed by atoms with van der Waals surface area (Å²) in [5, 5.41) is 2.37. The second kappa shape index (κ2) is 4.84. The van der Waals surface area contributed by atoms with Crippen molar-refractivity contribution in [1.82, 2.24) is 5.32 Å². The summed E-state index contributed by atoms with van der Waals surface area (Å²) in [5.74, 6) is -0.578. The number of halogens is 3. The summed E-state index contributed by atoms with van der Waals surface area (Å²) in [6.07, 6.45) is -1.80. The van der Waals surface area contributed by atoms with Gasteiger partial charge < -0.3 is 10.1 Å².